The lowest BCUT2D eigenvalue weighted by molar-refractivity contribution is 0.172. The van der Waals surface area contributed by atoms with Gasteiger partial charge in [-0.05, 0) is 40.5 Å². The third-order valence-electron chi connectivity index (χ3n) is 3.56. The number of halogens is 1. The Kier molecular flexibility index (Phi) is 4.12. The summed E-state index contributed by atoms with van der Waals surface area (Å²) in [6.07, 6.45) is 2.43. The van der Waals surface area contributed by atoms with Crippen molar-refractivity contribution in [2.24, 2.45) is 0 Å². The van der Waals surface area contributed by atoms with Gasteiger partial charge in [0.05, 0.1) is 23.4 Å². The smallest absolute Gasteiger partial charge is 0.174 e. The molecule has 3 rings (SSSR count). The second kappa shape index (κ2) is 6.03. The minimum Gasteiger partial charge on any atom is -0.457 e. The zero-order valence-corrected chi connectivity index (χ0v) is 13.4. The minimum absolute atomic E-state index is 0.465. The van der Waals surface area contributed by atoms with Gasteiger partial charge >= 0.3 is 0 Å². The molecule has 0 saturated carbocycles. The van der Waals surface area contributed by atoms with Gasteiger partial charge in [-0.1, -0.05) is 19.1 Å². The normalized spacial score (nSPS) is 12.9. The number of hydrogen-bond acceptors (Lipinski definition) is 3. The Morgan fingerprint density at radius 1 is 1.33 bits per heavy atom. The van der Waals surface area contributed by atoms with E-state index < -0.39 is 6.10 Å². The van der Waals surface area contributed by atoms with E-state index in [2.05, 4.69) is 38.5 Å². The average Bonchev–Trinajstić information content (AvgIpc) is 3.04. The van der Waals surface area contributed by atoms with Crippen LogP contribution < -0.4 is 0 Å². The van der Waals surface area contributed by atoms with E-state index >= 15 is 0 Å². The number of imidazole rings is 1. The van der Waals surface area contributed by atoms with E-state index in [0.29, 0.717) is 11.1 Å². The largest absolute Gasteiger partial charge is 0.457 e. The third-order valence-corrected chi connectivity index (χ3v) is 4.21. The van der Waals surface area contributed by atoms with Crippen molar-refractivity contribution in [1.29, 1.82) is 0 Å². The Morgan fingerprint density at radius 2 is 2.14 bits per heavy atom. The van der Waals surface area contributed by atoms with Crippen molar-refractivity contribution in [3.63, 3.8) is 0 Å². The van der Waals surface area contributed by atoms with E-state index in [0.717, 1.165) is 35.4 Å². The molecule has 0 fully saturated rings. The molecule has 0 amide bonds. The van der Waals surface area contributed by atoms with Crippen molar-refractivity contribution in [2.75, 3.05) is 0 Å². The van der Waals surface area contributed by atoms with Crippen molar-refractivity contribution in [3.05, 3.63) is 52.7 Å². The van der Waals surface area contributed by atoms with Gasteiger partial charge in [-0.3, -0.25) is 0 Å². The van der Waals surface area contributed by atoms with Crippen LogP contribution in [0.1, 0.15) is 30.8 Å². The molecule has 1 aromatic carbocycles. The first-order valence-electron chi connectivity index (χ1n) is 7.05. The first kappa shape index (κ1) is 14.4. The van der Waals surface area contributed by atoms with Crippen molar-refractivity contribution >= 4 is 27.0 Å². The highest BCUT2D eigenvalue weighted by molar-refractivity contribution is 9.10. The van der Waals surface area contributed by atoms with Crippen LogP contribution in [0.5, 0.6) is 0 Å². The number of para-hydroxylation sites is 2. The van der Waals surface area contributed by atoms with Gasteiger partial charge in [-0.2, -0.15) is 0 Å². The number of nitrogens with zero attached hydrogens (tertiary/aromatic N) is 2. The SMILES string of the molecule is CCCn1c(CC(O)c2ccoc2Br)nc2ccccc21. The second-order valence-electron chi connectivity index (χ2n) is 5.04. The molecule has 0 bridgehead atoms. The Labute approximate surface area is 131 Å². The van der Waals surface area contributed by atoms with Crippen LogP contribution in [-0.2, 0) is 13.0 Å². The highest BCUT2D eigenvalue weighted by Crippen LogP contribution is 2.28. The van der Waals surface area contributed by atoms with Crippen LogP contribution in [0.4, 0.5) is 0 Å². The van der Waals surface area contributed by atoms with Crippen molar-refractivity contribution in [3.8, 4) is 0 Å². The molecular formula is C16H17BrN2O2. The van der Waals surface area contributed by atoms with E-state index in [1.165, 1.54) is 0 Å². The standard InChI is InChI=1S/C16H17BrN2O2/c1-2-8-19-13-6-4-3-5-12(13)18-15(19)10-14(20)11-7-9-21-16(11)17/h3-7,9,14,20H,2,8,10H2,1H3. The van der Waals surface area contributed by atoms with Crippen LogP contribution in [0.25, 0.3) is 11.0 Å². The summed E-state index contributed by atoms with van der Waals surface area (Å²) in [4.78, 5) is 4.67. The van der Waals surface area contributed by atoms with E-state index in [1.807, 2.05) is 18.2 Å². The molecule has 1 N–H and O–H groups in total. The van der Waals surface area contributed by atoms with E-state index in [9.17, 15) is 5.11 Å². The lowest BCUT2D eigenvalue weighted by atomic mass is 10.1. The number of aromatic nitrogens is 2. The van der Waals surface area contributed by atoms with E-state index in [4.69, 9.17) is 4.42 Å². The van der Waals surface area contributed by atoms with E-state index in [-0.39, 0.29) is 0 Å². The number of aryl methyl sites for hydroxylation is 1. The zero-order valence-electron chi connectivity index (χ0n) is 11.8. The number of aliphatic hydroxyl groups is 1. The van der Waals surface area contributed by atoms with Crippen molar-refractivity contribution in [1.82, 2.24) is 9.55 Å². The molecule has 0 radical (unpaired) electrons. The molecule has 4 nitrogen and oxygen atoms in total. The summed E-state index contributed by atoms with van der Waals surface area (Å²) in [5.74, 6) is 0.902. The predicted molar refractivity (Wildman–Crippen MR) is 85.1 cm³/mol. The summed E-state index contributed by atoms with van der Waals surface area (Å²) in [7, 11) is 0. The van der Waals surface area contributed by atoms with Crippen LogP contribution >= 0.6 is 15.9 Å². The monoisotopic (exact) mass is 348 g/mol. The maximum atomic E-state index is 10.4. The summed E-state index contributed by atoms with van der Waals surface area (Å²) in [5, 5.41) is 10.4. The number of furan rings is 1. The molecular weight excluding hydrogens is 332 g/mol. The van der Waals surface area contributed by atoms with Gasteiger partial charge < -0.3 is 14.1 Å². The molecule has 0 aliphatic heterocycles. The lowest BCUT2D eigenvalue weighted by Gasteiger charge is -2.11. The number of benzene rings is 1. The van der Waals surface area contributed by atoms with E-state index in [1.54, 1.807) is 12.3 Å². The van der Waals surface area contributed by atoms with Crippen molar-refractivity contribution in [2.45, 2.75) is 32.4 Å². The van der Waals surface area contributed by atoms with Crippen LogP contribution in [0.2, 0.25) is 0 Å². The quantitative estimate of drug-likeness (QED) is 0.755. The van der Waals surface area contributed by atoms with Crippen LogP contribution in [0.15, 0.2) is 45.7 Å². The second-order valence-corrected chi connectivity index (χ2v) is 5.76. The molecule has 2 heterocycles. The molecule has 21 heavy (non-hydrogen) atoms. The third kappa shape index (κ3) is 2.76. The first-order chi connectivity index (χ1) is 10.2. The fourth-order valence-corrected chi connectivity index (χ4v) is 3.08. The molecule has 0 aliphatic carbocycles. The van der Waals surface area contributed by atoms with Gasteiger partial charge in [0.25, 0.3) is 0 Å². The van der Waals surface area contributed by atoms with Crippen LogP contribution in [0.3, 0.4) is 0 Å². The first-order valence-corrected chi connectivity index (χ1v) is 7.85. The predicted octanol–water partition coefficient (Wildman–Crippen LogP) is 4.08. The number of aliphatic hydroxyl groups excluding tert-OH is 1. The molecule has 1 atom stereocenters. The summed E-state index contributed by atoms with van der Waals surface area (Å²) < 4.78 is 7.95. The molecule has 2 aromatic heterocycles. The number of fused-ring (bicyclic) bond motifs is 1. The number of hydrogen-bond donors (Lipinski definition) is 1. The fraction of sp³-hybridized carbons (Fsp3) is 0.312. The highest BCUT2D eigenvalue weighted by Gasteiger charge is 2.18. The lowest BCUT2D eigenvalue weighted by Crippen LogP contribution is -2.09. The highest BCUT2D eigenvalue weighted by atomic mass is 79.9. The summed E-state index contributed by atoms with van der Waals surface area (Å²) >= 11 is 3.31. The Morgan fingerprint density at radius 3 is 2.86 bits per heavy atom. The summed E-state index contributed by atoms with van der Waals surface area (Å²) in [6, 6.07) is 9.86. The Hall–Kier alpha value is -1.59. The Balaban J connectivity index is 1.96. The minimum atomic E-state index is -0.634. The topological polar surface area (TPSA) is 51.2 Å². The number of rotatable bonds is 5. The van der Waals surface area contributed by atoms with Crippen LogP contribution in [0, 0.1) is 0 Å². The molecule has 0 spiro atoms. The molecule has 0 saturated heterocycles. The Bertz CT molecular complexity index is 748. The molecule has 5 heteroatoms. The maximum Gasteiger partial charge on any atom is 0.174 e. The van der Waals surface area contributed by atoms with Gasteiger partial charge in [-0.15, -0.1) is 0 Å². The van der Waals surface area contributed by atoms with Gasteiger partial charge in [-0.25, -0.2) is 4.98 Å². The van der Waals surface area contributed by atoms with Crippen molar-refractivity contribution < 1.29 is 9.52 Å². The molecule has 110 valence electrons. The van der Waals surface area contributed by atoms with Gasteiger partial charge in [0.2, 0.25) is 0 Å². The average molecular weight is 349 g/mol. The summed E-state index contributed by atoms with van der Waals surface area (Å²) in [5.41, 5.74) is 2.84. The molecule has 1 unspecified atom stereocenters. The maximum absolute atomic E-state index is 10.4. The van der Waals surface area contributed by atoms with Crippen LogP contribution in [-0.4, -0.2) is 14.7 Å². The fourth-order valence-electron chi connectivity index (χ4n) is 2.58. The molecule has 0 aliphatic rings. The van der Waals surface area contributed by atoms with Gasteiger partial charge in [0.15, 0.2) is 4.67 Å². The van der Waals surface area contributed by atoms with Gasteiger partial charge in [0.1, 0.15) is 5.82 Å². The zero-order chi connectivity index (χ0) is 14.8. The molecule has 3 aromatic rings. The van der Waals surface area contributed by atoms with Gasteiger partial charge in [0, 0.05) is 18.5 Å². The summed E-state index contributed by atoms with van der Waals surface area (Å²) in [6.45, 7) is 3.04.